The minimum Gasteiger partial charge on any atom is -0.497 e. The Balaban J connectivity index is 1.28. The van der Waals surface area contributed by atoms with Crippen LogP contribution in [0.5, 0.6) is 5.75 Å². The molecule has 1 aliphatic carbocycles. The molecule has 2 aromatic carbocycles. The van der Waals surface area contributed by atoms with Crippen molar-refractivity contribution < 1.29 is 14.3 Å². The van der Waals surface area contributed by atoms with Crippen LogP contribution >= 0.6 is 0 Å². The van der Waals surface area contributed by atoms with Gasteiger partial charge in [0.2, 0.25) is 0 Å². The second-order valence-corrected chi connectivity index (χ2v) is 7.56. The van der Waals surface area contributed by atoms with E-state index in [1.807, 2.05) is 12.1 Å². The number of nitrogens with zero attached hydrogens (tertiary/aromatic N) is 2. The number of benzene rings is 2. The molecular weight excluding hydrogens is 352 g/mol. The first-order chi connectivity index (χ1) is 13.7. The van der Waals surface area contributed by atoms with Crippen LogP contribution in [0.2, 0.25) is 0 Å². The van der Waals surface area contributed by atoms with Gasteiger partial charge in [-0.05, 0) is 62.1 Å². The maximum Gasteiger partial charge on any atom is 0.261 e. The van der Waals surface area contributed by atoms with Gasteiger partial charge in [-0.1, -0.05) is 24.3 Å². The SMILES string of the molecule is COc1ccc(CN(CCCCN2C(=O)c3ccccc3C2=O)C2CC2)cc1. The highest BCUT2D eigenvalue weighted by Gasteiger charge is 2.34. The maximum atomic E-state index is 12.4. The van der Waals surface area contributed by atoms with Gasteiger partial charge in [0.25, 0.3) is 11.8 Å². The Morgan fingerprint density at radius 1 is 0.964 bits per heavy atom. The Kier molecular flexibility index (Phi) is 5.44. The minimum absolute atomic E-state index is 0.155. The highest BCUT2D eigenvalue weighted by Crippen LogP contribution is 2.29. The molecule has 1 heterocycles. The van der Waals surface area contributed by atoms with Gasteiger partial charge in [-0.2, -0.15) is 0 Å². The predicted molar refractivity (Wildman–Crippen MR) is 107 cm³/mol. The van der Waals surface area contributed by atoms with Gasteiger partial charge in [-0.15, -0.1) is 0 Å². The van der Waals surface area contributed by atoms with E-state index in [1.165, 1.54) is 23.3 Å². The van der Waals surface area contributed by atoms with Gasteiger partial charge in [0.05, 0.1) is 18.2 Å². The van der Waals surface area contributed by atoms with Gasteiger partial charge in [-0.3, -0.25) is 19.4 Å². The van der Waals surface area contributed by atoms with Crippen LogP contribution in [0.4, 0.5) is 0 Å². The predicted octanol–water partition coefficient (Wildman–Crippen LogP) is 3.74. The molecule has 0 unspecified atom stereocenters. The fourth-order valence-corrected chi connectivity index (χ4v) is 3.82. The molecule has 4 rings (SSSR count). The first-order valence-corrected chi connectivity index (χ1v) is 9.99. The van der Waals surface area contributed by atoms with Crippen LogP contribution < -0.4 is 4.74 Å². The molecule has 2 aliphatic rings. The van der Waals surface area contributed by atoms with Gasteiger partial charge >= 0.3 is 0 Å². The molecule has 0 atom stereocenters. The Bertz CT molecular complexity index is 823. The van der Waals surface area contributed by atoms with E-state index in [0.717, 1.165) is 31.7 Å². The van der Waals surface area contributed by atoms with Crippen molar-refractivity contribution in [2.24, 2.45) is 0 Å². The van der Waals surface area contributed by atoms with E-state index in [-0.39, 0.29) is 11.8 Å². The van der Waals surface area contributed by atoms with E-state index in [9.17, 15) is 9.59 Å². The monoisotopic (exact) mass is 378 g/mol. The van der Waals surface area contributed by atoms with Crippen molar-refractivity contribution >= 4 is 11.8 Å². The highest BCUT2D eigenvalue weighted by atomic mass is 16.5. The van der Waals surface area contributed by atoms with E-state index in [1.54, 1.807) is 31.4 Å². The van der Waals surface area contributed by atoms with Crippen molar-refractivity contribution in [1.29, 1.82) is 0 Å². The Hall–Kier alpha value is -2.66. The molecule has 2 aromatic rings. The fraction of sp³-hybridized carbons (Fsp3) is 0.391. The van der Waals surface area contributed by atoms with Crippen molar-refractivity contribution in [3.63, 3.8) is 0 Å². The Morgan fingerprint density at radius 3 is 2.18 bits per heavy atom. The lowest BCUT2D eigenvalue weighted by Crippen LogP contribution is -2.32. The number of amides is 2. The van der Waals surface area contributed by atoms with E-state index in [0.29, 0.717) is 23.7 Å². The third-order valence-electron chi connectivity index (χ3n) is 5.56. The topological polar surface area (TPSA) is 49.9 Å². The second-order valence-electron chi connectivity index (χ2n) is 7.56. The largest absolute Gasteiger partial charge is 0.497 e. The number of carbonyl (C=O) groups is 2. The number of hydrogen-bond donors (Lipinski definition) is 0. The summed E-state index contributed by atoms with van der Waals surface area (Å²) in [5.41, 5.74) is 2.35. The molecular formula is C23H26N2O3. The summed E-state index contributed by atoms with van der Waals surface area (Å²) in [5.74, 6) is 0.568. The molecule has 1 fully saturated rings. The Labute approximate surface area is 165 Å². The third kappa shape index (κ3) is 3.94. The lowest BCUT2D eigenvalue weighted by atomic mass is 10.1. The second kappa shape index (κ2) is 8.15. The van der Waals surface area contributed by atoms with E-state index < -0.39 is 0 Å². The summed E-state index contributed by atoms with van der Waals surface area (Å²) in [5, 5.41) is 0. The van der Waals surface area contributed by atoms with Gasteiger partial charge in [0.15, 0.2) is 0 Å². The molecule has 0 aromatic heterocycles. The zero-order chi connectivity index (χ0) is 19.5. The Morgan fingerprint density at radius 2 is 1.61 bits per heavy atom. The molecule has 1 aliphatic heterocycles. The zero-order valence-corrected chi connectivity index (χ0v) is 16.3. The first-order valence-electron chi connectivity index (χ1n) is 9.99. The average molecular weight is 378 g/mol. The van der Waals surface area contributed by atoms with Crippen LogP contribution in [0.3, 0.4) is 0 Å². The number of ether oxygens (including phenoxy) is 1. The summed E-state index contributed by atoms with van der Waals surface area (Å²) >= 11 is 0. The number of methoxy groups -OCH3 is 1. The number of rotatable bonds is 9. The molecule has 0 bridgehead atoms. The van der Waals surface area contributed by atoms with Crippen molar-refractivity contribution in [2.75, 3.05) is 20.2 Å². The van der Waals surface area contributed by atoms with E-state index in [4.69, 9.17) is 4.74 Å². The van der Waals surface area contributed by atoms with Crippen molar-refractivity contribution in [3.8, 4) is 5.75 Å². The molecule has 0 spiro atoms. The normalized spacial score (nSPS) is 16.0. The van der Waals surface area contributed by atoms with Gasteiger partial charge in [0, 0.05) is 19.1 Å². The van der Waals surface area contributed by atoms with Crippen molar-refractivity contribution in [1.82, 2.24) is 9.80 Å². The number of carbonyl (C=O) groups excluding carboxylic acids is 2. The van der Waals surface area contributed by atoms with Crippen LogP contribution in [0.15, 0.2) is 48.5 Å². The number of hydrogen-bond acceptors (Lipinski definition) is 4. The molecule has 28 heavy (non-hydrogen) atoms. The van der Waals surface area contributed by atoms with Gasteiger partial charge in [-0.25, -0.2) is 0 Å². The fourth-order valence-electron chi connectivity index (χ4n) is 3.82. The van der Waals surface area contributed by atoms with E-state index >= 15 is 0 Å². The summed E-state index contributed by atoms with van der Waals surface area (Å²) < 4.78 is 5.23. The van der Waals surface area contributed by atoms with Gasteiger partial charge in [0.1, 0.15) is 5.75 Å². The number of imide groups is 1. The quantitative estimate of drug-likeness (QED) is 0.493. The molecule has 0 N–H and O–H groups in total. The van der Waals surface area contributed by atoms with E-state index in [2.05, 4.69) is 17.0 Å². The minimum atomic E-state index is -0.155. The summed E-state index contributed by atoms with van der Waals surface area (Å²) in [6, 6.07) is 16.0. The summed E-state index contributed by atoms with van der Waals surface area (Å²) in [4.78, 5) is 28.8. The molecule has 0 saturated heterocycles. The zero-order valence-electron chi connectivity index (χ0n) is 16.3. The average Bonchev–Trinajstić information content (AvgIpc) is 3.54. The third-order valence-corrected chi connectivity index (χ3v) is 5.56. The van der Waals surface area contributed by atoms with Crippen molar-refractivity contribution in [3.05, 3.63) is 65.2 Å². The summed E-state index contributed by atoms with van der Waals surface area (Å²) in [7, 11) is 1.68. The summed E-state index contributed by atoms with van der Waals surface area (Å²) in [6.45, 7) is 2.41. The molecule has 0 radical (unpaired) electrons. The molecule has 5 nitrogen and oxygen atoms in total. The van der Waals surface area contributed by atoms with Crippen LogP contribution in [0.25, 0.3) is 0 Å². The van der Waals surface area contributed by atoms with Crippen LogP contribution in [-0.4, -0.2) is 47.9 Å². The number of fused-ring (bicyclic) bond motifs is 1. The van der Waals surface area contributed by atoms with Crippen LogP contribution in [-0.2, 0) is 6.54 Å². The van der Waals surface area contributed by atoms with Crippen LogP contribution in [0.1, 0.15) is 52.0 Å². The lowest BCUT2D eigenvalue weighted by molar-refractivity contribution is 0.0650. The van der Waals surface area contributed by atoms with Crippen molar-refractivity contribution in [2.45, 2.75) is 38.3 Å². The summed E-state index contributed by atoms with van der Waals surface area (Å²) in [6.07, 6.45) is 4.32. The lowest BCUT2D eigenvalue weighted by Gasteiger charge is -2.23. The molecule has 2 amide bonds. The smallest absolute Gasteiger partial charge is 0.261 e. The molecule has 146 valence electrons. The maximum absolute atomic E-state index is 12.4. The van der Waals surface area contributed by atoms with Gasteiger partial charge < -0.3 is 4.74 Å². The first kappa shape index (κ1) is 18.7. The number of unbranched alkanes of at least 4 members (excludes halogenated alkanes) is 1. The molecule has 1 saturated carbocycles. The highest BCUT2D eigenvalue weighted by molar-refractivity contribution is 6.21. The standard InChI is InChI=1S/C23H26N2O3/c1-28-19-12-8-17(9-13-19)16-24(18-10-11-18)14-4-5-15-25-22(26)20-6-2-3-7-21(20)23(25)27/h2-3,6-9,12-13,18H,4-5,10-11,14-16H2,1H3. The van der Waals surface area contributed by atoms with Crippen LogP contribution in [0, 0.1) is 0 Å². The molecule has 5 heteroatoms.